The molecule has 0 bridgehead atoms. The van der Waals surface area contributed by atoms with Crippen LogP contribution in [0, 0.1) is 6.92 Å². The second-order valence-corrected chi connectivity index (χ2v) is 10.8. The molecule has 8 heteroatoms. The van der Waals surface area contributed by atoms with Crippen molar-refractivity contribution in [2.24, 2.45) is 0 Å². The van der Waals surface area contributed by atoms with Crippen LogP contribution in [0.3, 0.4) is 0 Å². The van der Waals surface area contributed by atoms with Gasteiger partial charge in [-0.1, -0.05) is 70.2 Å². The number of hydrogen-bond donors (Lipinski definition) is 1. The standard InChI is InChI=1S/C31H31BrN2O5/c1-21-18-25(39-20-22-6-3-2-4-7-22)10-11-26(21)29(35)27-28(23-8-5-9-24(32)19-23)34(31(37)30(27)36)13-12-33-14-16-38-17-15-33/h2-11,18-19,28,35H,12-17,20H2,1H3. The molecule has 5 rings (SSSR count). The van der Waals surface area contributed by atoms with Crippen LogP contribution in [0.25, 0.3) is 5.76 Å². The molecule has 0 radical (unpaired) electrons. The van der Waals surface area contributed by atoms with Crippen molar-refractivity contribution in [1.29, 1.82) is 0 Å². The maximum atomic E-state index is 13.9. The zero-order valence-corrected chi connectivity index (χ0v) is 23.4. The summed E-state index contributed by atoms with van der Waals surface area (Å²) in [6.07, 6.45) is 0. The van der Waals surface area contributed by atoms with Crippen molar-refractivity contribution in [3.05, 3.63) is 105 Å². The highest BCUT2D eigenvalue weighted by molar-refractivity contribution is 9.10. The Labute approximate surface area is 236 Å². The van der Waals surface area contributed by atoms with Gasteiger partial charge in [0, 0.05) is 10.0 Å². The molecule has 7 nitrogen and oxygen atoms in total. The Morgan fingerprint density at radius 1 is 1.05 bits per heavy atom. The number of carbonyl (C=O) groups excluding carboxylic acids is 2. The van der Waals surface area contributed by atoms with Crippen LogP contribution in [0.5, 0.6) is 5.75 Å². The van der Waals surface area contributed by atoms with Gasteiger partial charge in [0.25, 0.3) is 5.91 Å². The van der Waals surface area contributed by atoms with E-state index >= 15 is 0 Å². The largest absolute Gasteiger partial charge is 0.872 e. The third-order valence-corrected chi connectivity index (χ3v) is 7.78. The van der Waals surface area contributed by atoms with E-state index in [1.807, 2.05) is 61.5 Å². The number of rotatable bonds is 8. The molecule has 1 amide bonds. The van der Waals surface area contributed by atoms with Crippen LogP contribution in [0.1, 0.15) is 28.3 Å². The Morgan fingerprint density at radius 3 is 2.54 bits per heavy atom. The van der Waals surface area contributed by atoms with Gasteiger partial charge in [-0.15, -0.1) is 0 Å². The van der Waals surface area contributed by atoms with Gasteiger partial charge in [-0.3, -0.25) is 9.59 Å². The average molecular weight is 592 g/mol. The Morgan fingerprint density at radius 2 is 1.82 bits per heavy atom. The molecule has 2 saturated heterocycles. The number of benzene rings is 3. The van der Waals surface area contributed by atoms with E-state index in [0.29, 0.717) is 49.8 Å². The monoisotopic (exact) mass is 590 g/mol. The highest BCUT2D eigenvalue weighted by atomic mass is 79.9. The summed E-state index contributed by atoms with van der Waals surface area (Å²) in [6.45, 7) is 6.34. The van der Waals surface area contributed by atoms with Crippen LogP contribution in [-0.4, -0.2) is 56.0 Å². The number of ketones is 1. The molecule has 0 spiro atoms. The second kappa shape index (κ2) is 12.2. The number of halogens is 1. The summed E-state index contributed by atoms with van der Waals surface area (Å²) in [5, 5.41) is 13.9. The molecule has 2 aliphatic rings. The Hall–Kier alpha value is -3.46. The number of likely N-dealkylation sites (tertiary alicyclic amines) is 1. The third-order valence-electron chi connectivity index (χ3n) is 7.29. The van der Waals surface area contributed by atoms with Gasteiger partial charge in [-0.05, 0) is 53.4 Å². The number of Topliss-reactive ketones (excluding diaryl/α,β-unsaturated/α-hetero) is 1. The Bertz CT molecular complexity index is 1380. The number of aryl methyl sites for hydroxylation is 1. The van der Waals surface area contributed by atoms with Gasteiger partial charge in [0.15, 0.2) is 0 Å². The molecule has 1 unspecified atom stereocenters. The molecule has 3 aromatic rings. The fraction of sp³-hybridized carbons (Fsp3) is 0.290. The zero-order chi connectivity index (χ0) is 27.4. The van der Waals surface area contributed by atoms with Crippen molar-refractivity contribution < 1.29 is 29.1 Å². The number of ether oxygens (including phenoxy) is 2. The van der Waals surface area contributed by atoms with Crippen molar-refractivity contribution in [2.75, 3.05) is 39.4 Å². The number of nitrogens with one attached hydrogen (secondary N) is 1. The average Bonchev–Trinajstić information content (AvgIpc) is 3.21. The van der Waals surface area contributed by atoms with Crippen LogP contribution < -0.4 is 14.7 Å². The summed E-state index contributed by atoms with van der Waals surface area (Å²) >= 11 is 3.50. The molecule has 202 valence electrons. The van der Waals surface area contributed by atoms with Gasteiger partial charge in [0.1, 0.15) is 25.4 Å². The van der Waals surface area contributed by atoms with E-state index in [-0.39, 0.29) is 5.57 Å². The predicted octanol–water partition coefficient (Wildman–Crippen LogP) is 2.48. The van der Waals surface area contributed by atoms with E-state index in [1.165, 1.54) is 4.90 Å². The summed E-state index contributed by atoms with van der Waals surface area (Å²) in [5.41, 5.74) is 2.83. The van der Waals surface area contributed by atoms with Gasteiger partial charge in [0.05, 0.1) is 32.3 Å². The van der Waals surface area contributed by atoms with Crippen LogP contribution >= 0.6 is 15.9 Å². The summed E-state index contributed by atoms with van der Waals surface area (Å²) in [7, 11) is 0. The van der Waals surface area contributed by atoms with Crippen molar-refractivity contribution >= 4 is 33.4 Å². The first kappa shape index (κ1) is 27.1. The number of amides is 1. The second-order valence-electron chi connectivity index (χ2n) is 9.89. The van der Waals surface area contributed by atoms with Crippen LogP contribution in [0.2, 0.25) is 0 Å². The van der Waals surface area contributed by atoms with Crippen molar-refractivity contribution in [1.82, 2.24) is 4.90 Å². The molecule has 1 atom stereocenters. The minimum absolute atomic E-state index is 0.00358. The van der Waals surface area contributed by atoms with Crippen molar-refractivity contribution in [3.8, 4) is 5.75 Å². The molecule has 2 fully saturated rings. The number of morpholine rings is 1. The predicted molar refractivity (Wildman–Crippen MR) is 149 cm³/mol. The van der Waals surface area contributed by atoms with Crippen molar-refractivity contribution in [3.63, 3.8) is 0 Å². The van der Waals surface area contributed by atoms with Gasteiger partial charge in [-0.2, -0.15) is 0 Å². The summed E-state index contributed by atoms with van der Waals surface area (Å²) < 4.78 is 12.2. The van der Waals surface area contributed by atoms with Crippen LogP contribution in [-0.2, 0) is 20.9 Å². The quantitative estimate of drug-likeness (QED) is 0.247. The molecular formula is C31H31BrN2O5. The molecule has 0 aliphatic carbocycles. The summed E-state index contributed by atoms with van der Waals surface area (Å²) in [5.74, 6) is -1.15. The van der Waals surface area contributed by atoms with Crippen LogP contribution in [0.4, 0.5) is 0 Å². The molecule has 3 aromatic carbocycles. The molecule has 0 aromatic heterocycles. The first-order valence-electron chi connectivity index (χ1n) is 13.1. The molecule has 1 N–H and O–H groups in total. The van der Waals surface area contributed by atoms with Gasteiger partial charge < -0.3 is 24.4 Å². The Balaban J connectivity index is 1.46. The normalized spacial score (nSPS) is 19.4. The lowest BCUT2D eigenvalue weighted by Crippen LogP contribution is -3.14. The zero-order valence-electron chi connectivity index (χ0n) is 21.8. The smallest absolute Gasteiger partial charge is 0.295 e. The van der Waals surface area contributed by atoms with E-state index in [0.717, 1.165) is 28.7 Å². The highest BCUT2D eigenvalue weighted by Gasteiger charge is 2.44. The molecule has 2 heterocycles. The molecular weight excluding hydrogens is 560 g/mol. The lowest BCUT2D eigenvalue weighted by molar-refractivity contribution is -0.907. The van der Waals surface area contributed by atoms with E-state index in [9.17, 15) is 14.7 Å². The number of quaternary nitrogens is 1. The summed E-state index contributed by atoms with van der Waals surface area (Å²) in [6, 6.07) is 21.8. The highest BCUT2D eigenvalue weighted by Crippen LogP contribution is 2.39. The lowest BCUT2D eigenvalue weighted by Gasteiger charge is -2.30. The van der Waals surface area contributed by atoms with E-state index in [4.69, 9.17) is 9.47 Å². The van der Waals surface area contributed by atoms with Gasteiger partial charge in [-0.25, -0.2) is 0 Å². The van der Waals surface area contributed by atoms with E-state index < -0.39 is 23.5 Å². The SMILES string of the molecule is Cc1cc(OCc2ccccc2)ccc1C([O-])=C1C(=O)C(=O)N(CC[NH+]2CCOCC2)C1c1cccc(Br)c1. The van der Waals surface area contributed by atoms with E-state index in [2.05, 4.69) is 15.9 Å². The minimum atomic E-state index is -0.746. The maximum absolute atomic E-state index is 13.9. The number of carbonyl (C=O) groups is 2. The van der Waals surface area contributed by atoms with E-state index in [1.54, 1.807) is 23.1 Å². The van der Waals surface area contributed by atoms with Gasteiger partial charge in [0.2, 0.25) is 5.78 Å². The molecule has 0 saturated carbocycles. The first-order chi connectivity index (χ1) is 18.9. The fourth-order valence-corrected chi connectivity index (χ4v) is 5.60. The van der Waals surface area contributed by atoms with Crippen molar-refractivity contribution in [2.45, 2.75) is 19.6 Å². The fourth-order valence-electron chi connectivity index (χ4n) is 5.18. The van der Waals surface area contributed by atoms with Crippen LogP contribution in [0.15, 0.2) is 82.8 Å². The number of hydrogen-bond acceptors (Lipinski definition) is 5. The maximum Gasteiger partial charge on any atom is 0.295 e. The van der Waals surface area contributed by atoms with Gasteiger partial charge >= 0.3 is 0 Å². The minimum Gasteiger partial charge on any atom is -0.872 e. The topological polar surface area (TPSA) is 83.3 Å². The third kappa shape index (κ3) is 6.08. The first-order valence-corrected chi connectivity index (χ1v) is 13.9. The summed E-state index contributed by atoms with van der Waals surface area (Å²) in [4.78, 5) is 29.5. The molecule has 39 heavy (non-hydrogen) atoms. The number of nitrogens with zero attached hydrogens (tertiary/aromatic N) is 1. The Kier molecular flexibility index (Phi) is 8.45. The lowest BCUT2D eigenvalue weighted by atomic mass is 9.94. The molecule has 2 aliphatic heterocycles.